The SMILES string of the molecule is c1ccc(-c2cccc(-c3nc(-c4ccccc4)nc(-c4ccc5c(-n6c7ccccc7c7cc8c9c%10ccccc%10ccc9n(-c9ccccc9)c8cc76)cccc5c4)n3)c2)cc1. The van der Waals surface area contributed by atoms with Crippen LogP contribution in [0.5, 0.6) is 0 Å². The zero-order chi connectivity index (χ0) is 42.1. The molecule has 0 amide bonds. The number of aromatic nitrogens is 5. The van der Waals surface area contributed by atoms with Gasteiger partial charge in [-0.15, -0.1) is 0 Å². The molecule has 5 nitrogen and oxygen atoms in total. The summed E-state index contributed by atoms with van der Waals surface area (Å²) in [7, 11) is 0. The Kier molecular flexibility index (Phi) is 8.15. The van der Waals surface area contributed by atoms with Crippen LogP contribution in [0.15, 0.2) is 224 Å². The maximum absolute atomic E-state index is 5.16. The lowest BCUT2D eigenvalue weighted by atomic mass is 10.0. The van der Waals surface area contributed by atoms with Crippen molar-refractivity contribution in [2.45, 2.75) is 0 Å². The van der Waals surface area contributed by atoms with E-state index >= 15 is 0 Å². The van der Waals surface area contributed by atoms with Gasteiger partial charge < -0.3 is 9.13 Å². The minimum atomic E-state index is 0.627. The Bertz CT molecular complexity index is 3940. The van der Waals surface area contributed by atoms with Crippen LogP contribution in [0.2, 0.25) is 0 Å². The lowest BCUT2D eigenvalue weighted by molar-refractivity contribution is 1.07. The van der Waals surface area contributed by atoms with E-state index < -0.39 is 0 Å². The fraction of sp³-hybridized carbons (Fsp3) is 0. The van der Waals surface area contributed by atoms with Crippen LogP contribution in [-0.4, -0.2) is 24.1 Å². The number of rotatable bonds is 6. The molecule has 0 atom stereocenters. The first-order chi connectivity index (χ1) is 31.7. The van der Waals surface area contributed by atoms with E-state index in [0.717, 1.165) is 61.0 Å². The Morgan fingerprint density at radius 2 is 0.859 bits per heavy atom. The van der Waals surface area contributed by atoms with E-state index in [1.807, 2.05) is 24.3 Å². The molecule has 0 fully saturated rings. The minimum Gasteiger partial charge on any atom is -0.309 e. The summed E-state index contributed by atoms with van der Waals surface area (Å²) in [5.74, 6) is 1.90. The van der Waals surface area contributed by atoms with Gasteiger partial charge in [0, 0.05) is 49.3 Å². The molecule has 0 radical (unpaired) electrons. The van der Waals surface area contributed by atoms with Gasteiger partial charge in [-0.2, -0.15) is 0 Å². The molecule has 0 aliphatic carbocycles. The first-order valence-electron chi connectivity index (χ1n) is 21.7. The molecule has 0 unspecified atom stereocenters. The average Bonchev–Trinajstić information content (AvgIpc) is 3.88. The Balaban J connectivity index is 1.01. The summed E-state index contributed by atoms with van der Waals surface area (Å²) in [5, 5.41) is 9.69. The first kappa shape index (κ1) is 36.0. The topological polar surface area (TPSA) is 48.5 Å². The minimum absolute atomic E-state index is 0.627. The highest BCUT2D eigenvalue weighted by Crippen LogP contribution is 2.43. The smallest absolute Gasteiger partial charge is 0.164 e. The predicted octanol–water partition coefficient (Wildman–Crippen LogP) is 15.0. The maximum atomic E-state index is 5.16. The molecular formula is C59H37N5. The molecule has 0 saturated carbocycles. The average molecular weight is 816 g/mol. The summed E-state index contributed by atoms with van der Waals surface area (Å²) < 4.78 is 4.88. The highest BCUT2D eigenvalue weighted by Gasteiger charge is 2.21. The predicted molar refractivity (Wildman–Crippen MR) is 265 cm³/mol. The second-order valence-electron chi connectivity index (χ2n) is 16.4. The van der Waals surface area contributed by atoms with Crippen LogP contribution >= 0.6 is 0 Å². The van der Waals surface area contributed by atoms with Crippen molar-refractivity contribution in [3.8, 4) is 56.7 Å². The van der Waals surface area contributed by atoms with Crippen molar-refractivity contribution in [3.63, 3.8) is 0 Å². The zero-order valence-electron chi connectivity index (χ0n) is 34.6. The van der Waals surface area contributed by atoms with Crippen molar-refractivity contribution in [2.75, 3.05) is 0 Å². The second-order valence-corrected chi connectivity index (χ2v) is 16.4. The van der Waals surface area contributed by atoms with Gasteiger partial charge in [0.1, 0.15) is 0 Å². The molecule has 0 bridgehead atoms. The number of nitrogens with zero attached hydrogens (tertiary/aromatic N) is 5. The molecular weight excluding hydrogens is 779 g/mol. The summed E-state index contributed by atoms with van der Waals surface area (Å²) in [6, 6.07) is 79.9. The van der Waals surface area contributed by atoms with E-state index in [0.29, 0.717) is 17.5 Å². The Labute approximate surface area is 368 Å². The first-order valence-corrected chi connectivity index (χ1v) is 21.7. The molecule has 0 N–H and O–H groups in total. The van der Waals surface area contributed by atoms with Crippen molar-refractivity contribution in [1.82, 2.24) is 24.1 Å². The zero-order valence-corrected chi connectivity index (χ0v) is 34.6. The van der Waals surface area contributed by atoms with Gasteiger partial charge in [-0.1, -0.05) is 170 Å². The quantitative estimate of drug-likeness (QED) is 0.168. The lowest BCUT2D eigenvalue weighted by Gasteiger charge is -2.14. The van der Waals surface area contributed by atoms with E-state index in [1.165, 1.54) is 43.4 Å². The Morgan fingerprint density at radius 3 is 1.66 bits per heavy atom. The normalized spacial score (nSPS) is 11.8. The van der Waals surface area contributed by atoms with Crippen molar-refractivity contribution >= 4 is 65.2 Å². The van der Waals surface area contributed by atoms with Gasteiger partial charge in [-0.25, -0.2) is 15.0 Å². The third-order valence-electron chi connectivity index (χ3n) is 12.7. The highest BCUT2D eigenvalue weighted by atomic mass is 15.0. The number of benzene rings is 10. The lowest BCUT2D eigenvalue weighted by Crippen LogP contribution is -2.00. The molecule has 10 aromatic carbocycles. The molecule has 0 saturated heterocycles. The van der Waals surface area contributed by atoms with Crippen molar-refractivity contribution in [2.24, 2.45) is 0 Å². The summed E-state index contributed by atoms with van der Waals surface area (Å²) in [6.45, 7) is 0. The van der Waals surface area contributed by atoms with E-state index in [1.54, 1.807) is 0 Å². The number of hydrogen-bond acceptors (Lipinski definition) is 3. The molecule has 298 valence electrons. The van der Waals surface area contributed by atoms with Crippen molar-refractivity contribution < 1.29 is 0 Å². The number of fused-ring (bicyclic) bond motifs is 9. The van der Waals surface area contributed by atoms with Crippen LogP contribution in [0.25, 0.3) is 122 Å². The third kappa shape index (κ3) is 5.75. The third-order valence-corrected chi connectivity index (χ3v) is 12.7. The van der Waals surface area contributed by atoms with Crippen LogP contribution in [-0.2, 0) is 0 Å². The standard InChI is InChI=1S/C59H37N5/c1-4-16-38(17-5-1)41-21-14-23-43(34-41)58-60-57(40-19-6-2-7-20-40)61-59(62-58)44-30-32-46-42(35-44)22-15-29-51(46)64-52-28-13-12-27-48(52)49-36-50-55(37-54(49)64)63(45-24-8-3-9-25-45)53-33-31-39-18-10-11-26-47(39)56(50)53/h1-37H. The monoisotopic (exact) mass is 815 g/mol. The highest BCUT2D eigenvalue weighted by molar-refractivity contribution is 6.25. The Hall–Kier alpha value is -8.67. The summed E-state index contributed by atoms with van der Waals surface area (Å²) in [4.78, 5) is 15.3. The van der Waals surface area contributed by atoms with Gasteiger partial charge in [0.15, 0.2) is 17.5 Å². The van der Waals surface area contributed by atoms with E-state index in [4.69, 9.17) is 15.0 Å². The molecule has 0 aliphatic heterocycles. The van der Waals surface area contributed by atoms with Gasteiger partial charge in [0.05, 0.1) is 27.8 Å². The Morgan fingerprint density at radius 1 is 0.266 bits per heavy atom. The van der Waals surface area contributed by atoms with Gasteiger partial charge in [0.2, 0.25) is 0 Å². The van der Waals surface area contributed by atoms with Crippen molar-refractivity contribution in [3.05, 3.63) is 224 Å². The summed E-state index contributed by atoms with van der Waals surface area (Å²) >= 11 is 0. The maximum Gasteiger partial charge on any atom is 0.164 e. The molecule has 5 heteroatoms. The molecule has 64 heavy (non-hydrogen) atoms. The van der Waals surface area contributed by atoms with Crippen LogP contribution < -0.4 is 0 Å². The number of hydrogen-bond donors (Lipinski definition) is 0. The van der Waals surface area contributed by atoms with Crippen molar-refractivity contribution in [1.29, 1.82) is 0 Å². The van der Waals surface area contributed by atoms with E-state index in [2.05, 4.69) is 209 Å². The molecule has 0 aliphatic rings. The van der Waals surface area contributed by atoms with Crippen LogP contribution in [0.3, 0.4) is 0 Å². The number of para-hydroxylation sites is 2. The van der Waals surface area contributed by atoms with Gasteiger partial charge in [-0.3, -0.25) is 0 Å². The largest absolute Gasteiger partial charge is 0.309 e. The van der Waals surface area contributed by atoms with Gasteiger partial charge in [0.25, 0.3) is 0 Å². The van der Waals surface area contributed by atoms with Crippen LogP contribution in [0.1, 0.15) is 0 Å². The molecule has 3 heterocycles. The van der Waals surface area contributed by atoms with E-state index in [-0.39, 0.29) is 0 Å². The molecule has 0 spiro atoms. The van der Waals surface area contributed by atoms with E-state index in [9.17, 15) is 0 Å². The summed E-state index contributed by atoms with van der Waals surface area (Å²) in [5.41, 5.74) is 12.0. The fourth-order valence-corrected chi connectivity index (χ4v) is 9.78. The van der Waals surface area contributed by atoms with Gasteiger partial charge in [-0.05, 0) is 81.9 Å². The van der Waals surface area contributed by atoms with Crippen LogP contribution in [0.4, 0.5) is 0 Å². The second kappa shape index (κ2) is 14.5. The fourth-order valence-electron chi connectivity index (χ4n) is 9.78. The summed E-state index contributed by atoms with van der Waals surface area (Å²) in [6.07, 6.45) is 0. The van der Waals surface area contributed by atoms with Crippen LogP contribution in [0, 0.1) is 0 Å². The molecule has 13 rings (SSSR count). The van der Waals surface area contributed by atoms with Gasteiger partial charge >= 0.3 is 0 Å². The molecule has 3 aromatic heterocycles. The molecule has 13 aromatic rings.